The molecular formula is C9H10ClN3OS. The van der Waals surface area contributed by atoms with E-state index in [0.717, 1.165) is 0 Å². The van der Waals surface area contributed by atoms with E-state index in [-0.39, 0.29) is 0 Å². The first-order chi connectivity index (χ1) is 7.24. The highest BCUT2D eigenvalue weighted by molar-refractivity contribution is 7.07. The molecule has 2 rings (SSSR count). The summed E-state index contributed by atoms with van der Waals surface area (Å²) in [6.07, 6.45) is 0.738. The maximum atomic E-state index is 10.1. The third-order valence-electron chi connectivity index (χ3n) is 2.12. The Kier molecular flexibility index (Phi) is 3.04. The van der Waals surface area contributed by atoms with Crippen LogP contribution in [0.3, 0.4) is 0 Å². The summed E-state index contributed by atoms with van der Waals surface area (Å²) in [5, 5.41) is 16.4. The number of halogens is 1. The van der Waals surface area contributed by atoms with Gasteiger partial charge in [0, 0.05) is 11.9 Å². The minimum absolute atomic E-state index is 0.470. The zero-order valence-electron chi connectivity index (χ0n) is 8.09. The molecule has 1 N–H and O–H groups in total. The van der Waals surface area contributed by atoms with Crippen molar-refractivity contribution in [2.45, 2.75) is 19.6 Å². The highest BCUT2D eigenvalue weighted by atomic mass is 35.5. The van der Waals surface area contributed by atoms with Crippen LogP contribution in [0.1, 0.15) is 24.4 Å². The lowest BCUT2D eigenvalue weighted by atomic mass is 10.2. The predicted octanol–water partition coefficient (Wildman–Crippen LogP) is 2.09. The molecule has 15 heavy (non-hydrogen) atoms. The second-order valence-corrected chi connectivity index (χ2v) is 4.14. The van der Waals surface area contributed by atoms with Crippen LogP contribution < -0.4 is 0 Å². The molecule has 80 valence electrons. The zero-order valence-corrected chi connectivity index (χ0v) is 9.66. The molecule has 0 fully saturated rings. The first-order valence-electron chi connectivity index (χ1n) is 4.51. The lowest BCUT2D eigenvalue weighted by Gasteiger charge is -2.10. The van der Waals surface area contributed by atoms with Crippen LogP contribution in [0, 0.1) is 0 Å². The predicted molar refractivity (Wildman–Crippen MR) is 59.1 cm³/mol. The molecule has 0 bridgehead atoms. The van der Waals surface area contributed by atoms with Crippen LogP contribution in [0.15, 0.2) is 17.1 Å². The summed E-state index contributed by atoms with van der Waals surface area (Å²) in [5.74, 6) is 0. The molecule has 1 atom stereocenters. The van der Waals surface area contributed by atoms with Gasteiger partial charge in [-0.05, 0) is 6.92 Å². The molecule has 1 unspecified atom stereocenters. The number of thiazole rings is 1. The number of aliphatic hydroxyl groups excluding tert-OH is 1. The molecule has 2 heterocycles. The highest BCUT2D eigenvalue weighted by Crippen LogP contribution is 2.27. The summed E-state index contributed by atoms with van der Waals surface area (Å²) < 4.78 is 1.67. The van der Waals surface area contributed by atoms with Crippen molar-refractivity contribution < 1.29 is 5.11 Å². The van der Waals surface area contributed by atoms with Gasteiger partial charge in [-0.15, -0.1) is 11.3 Å². The Morgan fingerprint density at radius 2 is 2.47 bits per heavy atom. The van der Waals surface area contributed by atoms with E-state index in [9.17, 15) is 5.11 Å². The van der Waals surface area contributed by atoms with E-state index in [1.807, 2.05) is 6.92 Å². The van der Waals surface area contributed by atoms with Crippen LogP contribution in [0.2, 0.25) is 5.02 Å². The van der Waals surface area contributed by atoms with E-state index in [4.69, 9.17) is 11.6 Å². The average molecular weight is 244 g/mol. The van der Waals surface area contributed by atoms with E-state index in [1.54, 1.807) is 15.6 Å². The zero-order chi connectivity index (χ0) is 10.8. The molecule has 4 nitrogen and oxygen atoms in total. The molecule has 6 heteroatoms. The SMILES string of the molecule is CCn1ncc(Cl)c1C(O)c1cscn1. The Morgan fingerprint density at radius 3 is 3.07 bits per heavy atom. The molecule has 0 amide bonds. The molecule has 0 spiro atoms. The second-order valence-electron chi connectivity index (χ2n) is 3.01. The van der Waals surface area contributed by atoms with Crippen molar-refractivity contribution >= 4 is 22.9 Å². The first-order valence-corrected chi connectivity index (χ1v) is 5.83. The third kappa shape index (κ3) is 1.90. The van der Waals surface area contributed by atoms with Gasteiger partial charge in [-0.3, -0.25) is 4.68 Å². The fourth-order valence-corrected chi connectivity index (χ4v) is 2.21. The van der Waals surface area contributed by atoms with Gasteiger partial charge < -0.3 is 5.11 Å². The van der Waals surface area contributed by atoms with Gasteiger partial charge in [-0.2, -0.15) is 5.10 Å². The second kappa shape index (κ2) is 4.30. The third-order valence-corrected chi connectivity index (χ3v) is 3.02. The van der Waals surface area contributed by atoms with Gasteiger partial charge in [0.1, 0.15) is 6.10 Å². The van der Waals surface area contributed by atoms with Crippen LogP contribution in [0.5, 0.6) is 0 Å². The fraction of sp³-hybridized carbons (Fsp3) is 0.333. The Labute approximate surface area is 96.1 Å². The highest BCUT2D eigenvalue weighted by Gasteiger charge is 2.20. The number of hydrogen-bond donors (Lipinski definition) is 1. The van der Waals surface area contributed by atoms with Gasteiger partial charge in [-0.25, -0.2) is 4.98 Å². The molecule has 0 aliphatic heterocycles. The van der Waals surface area contributed by atoms with Crippen molar-refractivity contribution in [3.63, 3.8) is 0 Å². The van der Waals surface area contributed by atoms with Crippen molar-refractivity contribution in [2.24, 2.45) is 0 Å². The van der Waals surface area contributed by atoms with Crippen molar-refractivity contribution in [3.05, 3.63) is 33.5 Å². The lowest BCUT2D eigenvalue weighted by Crippen LogP contribution is -2.09. The Balaban J connectivity index is 2.40. The monoisotopic (exact) mass is 243 g/mol. The van der Waals surface area contributed by atoms with E-state index in [1.165, 1.54) is 17.5 Å². The van der Waals surface area contributed by atoms with Crippen molar-refractivity contribution in [3.8, 4) is 0 Å². The summed E-state index contributed by atoms with van der Waals surface area (Å²) in [4.78, 5) is 4.06. The number of rotatable bonds is 3. The van der Waals surface area contributed by atoms with E-state index < -0.39 is 6.10 Å². The minimum Gasteiger partial charge on any atom is -0.380 e. The normalized spacial score (nSPS) is 13.0. The maximum absolute atomic E-state index is 10.1. The molecule has 0 aliphatic carbocycles. The van der Waals surface area contributed by atoms with Gasteiger partial charge in [-0.1, -0.05) is 11.6 Å². The van der Waals surface area contributed by atoms with Crippen molar-refractivity contribution in [2.75, 3.05) is 0 Å². The largest absolute Gasteiger partial charge is 0.380 e. The quantitative estimate of drug-likeness (QED) is 0.898. The molecular weight excluding hydrogens is 234 g/mol. The molecule has 0 radical (unpaired) electrons. The average Bonchev–Trinajstić information content (AvgIpc) is 2.85. The molecule has 0 saturated carbocycles. The lowest BCUT2D eigenvalue weighted by molar-refractivity contribution is 0.204. The van der Waals surface area contributed by atoms with Crippen LogP contribution >= 0.6 is 22.9 Å². The number of aromatic nitrogens is 3. The fourth-order valence-electron chi connectivity index (χ4n) is 1.39. The standard InChI is InChI=1S/C9H10ClN3OS/c1-2-13-8(6(10)3-12-13)9(14)7-4-15-5-11-7/h3-5,9,14H,2H2,1H3. The topological polar surface area (TPSA) is 50.9 Å². The van der Waals surface area contributed by atoms with Crippen molar-refractivity contribution in [1.29, 1.82) is 0 Å². The Bertz CT molecular complexity index is 440. The number of aryl methyl sites for hydroxylation is 1. The molecule has 0 saturated heterocycles. The van der Waals surface area contributed by atoms with Crippen LogP contribution in [-0.2, 0) is 6.54 Å². The first kappa shape index (κ1) is 10.6. The number of hydrogen-bond acceptors (Lipinski definition) is 4. The summed E-state index contributed by atoms with van der Waals surface area (Å²) >= 11 is 7.41. The van der Waals surface area contributed by atoms with Crippen molar-refractivity contribution in [1.82, 2.24) is 14.8 Å². The van der Waals surface area contributed by atoms with E-state index >= 15 is 0 Å². The summed E-state index contributed by atoms with van der Waals surface area (Å²) in [6.45, 7) is 2.61. The summed E-state index contributed by atoms with van der Waals surface area (Å²) in [7, 11) is 0. The maximum Gasteiger partial charge on any atom is 0.140 e. The van der Waals surface area contributed by atoms with Crippen LogP contribution in [0.25, 0.3) is 0 Å². The van der Waals surface area contributed by atoms with Gasteiger partial charge >= 0.3 is 0 Å². The van der Waals surface area contributed by atoms with E-state index in [0.29, 0.717) is 23.0 Å². The molecule has 2 aromatic rings. The van der Waals surface area contributed by atoms with Gasteiger partial charge in [0.15, 0.2) is 0 Å². The molecule has 0 aliphatic rings. The van der Waals surface area contributed by atoms with Crippen LogP contribution in [-0.4, -0.2) is 19.9 Å². The molecule has 0 aromatic carbocycles. The Hall–Kier alpha value is -0.910. The smallest absolute Gasteiger partial charge is 0.140 e. The summed E-state index contributed by atoms with van der Waals surface area (Å²) in [6, 6.07) is 0. The number of aliphatic hydroxyl groups is 1. The van der Waals surface area contributed by atoms with Gasteiger partial charge in [0.05, 0.1) is 28.1 Å². The Morgan fingerprint density at radius 1 is 1.67 bits per heavy atom. The summed E-state index contributed by atoms with van der Waals surface area (Å²) in [5.41, 5.74) is 2.89. The number of nitrogens with zero attached hydrogens (tertiary/aromatic N) is 3. The van der Waals surface area contributed by atoms with Crippen LogP contribution in [0.4, 0.5) is 0 Å². The van der Waals surface area contributed by atoms with E-state index in [2.05, 4.69) is 10.1 Å². The minimum atomic E-state index is -0.800. The van der Waals surface area contributed by atoms with Gasteiger partial charge in [0.2, 0.25) is 0 Å². The molecule has 2 aromatic heterocycles. The van der Waals surface area contributed by atoms with Gasteiger partial charge in [0.25, 0.3) is 0 Å².